The lowest BCUT2D eigenvalue weighted by molar-refractivity contribution is -0.128. The largest absolute Gasteiger partial charge is 0.496 e. The third kappa shape index (κ3) is 6.34. The van der Waals surface area contributed by atoms with Gasteiger partial charge in [0.2, 0.25) is 5.91 Å². The number of ether oxygens (including phenoxy) is 1. The van der Waals surface area contributed by atoms with Crippen molar-refractivity contribution in [3.63, 3.8) is 0 Å². The summed E-state index contributed by atoms with van der Waals surface area (Å²) in [5, 5.41) is 23.2. The zero-order valence-corrected chi connectivity index (χ0v) is 23.3. The van der Waals surface area contributed by atoms with Crippen molar-refractivity contribution in [3.8, 4) is 11.9 Å². The molecular weight excluding hydrogens is 494 g/mol. The molecular formula is C30H39N5O4. The Balaban J connectivity index is 1.84. The highest BCUT2D eigenvalue weighted by atomic mass is 16.5. The number of nitriles is 1. The fraction of sp³-hybridized carbons (Fsp3) is 0.533. The Bertz CT molecular complexity index is 1200. The Morgan fingerprint density at radius 1 is 1.18 bits per heavy atom. The molecule has 1 aromatic carbocycles. The minimum absolute atomic E-state index is 0.0144. The van der Waals surface area contributed by atoms with Crippen molar-refractivity contribution in [3.05, 3.63) is 53.9 Å². The van der Waals surface area contributed by atoms with Gasteiger partial charge in [0, 0.05) is 36.1 Å². The molecule has 4 rings (SSSR count). The molecule has 39 heavy (non-hydrogen) atoms. The van der Waals surface area contributed by atoms with E-state index in [9.17, 15) is 20.0 Å². The van der Waals surface area contributed by atoms with Gasteiger partial charge in [-0.3, -0.25) is 24.4 Å². The average Bonchev–Trinajstić information content (AvgIpc) is 3.32. The number of carbonyl (C=O) groups excluding carboxylic acids is 2. The minimum Gasteiger partial charge on any atom is -0.496 e. The van der Waals surface area contributed by atoms with Crippen LogP contribution in [0.4, 0.5) is 5.69 Å². The van der Waals surface area contributed by atoms with Gasteiger partial charge in [-0.2, -0.15) is 5.26 Å². The van der Waals surface area contributed by atoms with Gasteiger partial charge in [-0.1, -0.05) is 52.2 Å². The van der Waals surface area contributed by atoms with Gasteiger partial charge in [0.1, 0.15) is 17.8 Å². The molecule has 2 fully saturated rings. The smallest absolute Gasteiger partial charge is 0.251 e. The molecule has 2 amide bonds. The molecule has 2 aromatic rings. The van der Waals surface area contributed by atoms with E-state index in [0.29, 0.717) is 17.0 Å². The SMILES string of the molecule is COc1ccncc1C(C(=O)NC1CCCCC1)N(C(=O)C1CC(O)CN1C#N)c1ccc(C(C)(C)C)cc1. The van der Waals surface area contributed by atoms with E-state index in [1.54, 1.807) is 18.5 Å². The summed E-state index contributed by atoms with van der Waals surface area (Å²) in [6.07, 6.45) is 9.46. The van der Waals surface area contributed by atoms with Crippen LogP contribution in [0.15, 0.2) is 42.7 Å². The first kappa shape index (κ1) is 28.4. The molecule has 2 aliphatic rings. The average molecular weight is 534 g/mol. The van der Waals surface area contributed by atoms with E-state index >= 15 is 0 Å². The van der Waals surface area contributed by atoms with Crippen molar-refractivity contribution in [1.29, 1.82) is 5.26 Å². The van der Waals surface area contributed by atoms with Crippen LogP contribution in [0, 0.1) is 11.5 Å². The van der Waals surface area contributed by atoms with Crippen LogP contribution >= 0.6 is 0 Å². The molecule has 208 valence electrons. The van der Waals surface area contributed by atoms with E-state index in [2.05, 4.69) is 31.1 Å². The molecule has 3 atom stereocenters. The topological polar surface area (TPSA) is 119 Å². The van der Waals surface area contributed by atoms with Crippen molar-refractivity contribution in [2.75, 3.05) is 18.6 Å². The Morgan fingerprint density at radius 2 is 1.87 bits per heavy atom. The molecule has 1 aliphatic heterocycles. The van der Waals surface area contributed by atoms with E-state index in [-0.39, 0.29) is 30.3 Å². The summed E-state index contributed by atoms with van der Waals surface area (Å²) in [6.45, 7) is 6.39. The highest BCUT2D eigenvalue weighted by Gasteiger charge is 2.43. The van der Waals surface area contributed by atoms with Crippen molar-refractivity contribution < 1.29 is 19.4 Å². The molecule has 2 N–H and O–H groups in total. The maximum atomic E-state index is 14.3. The maximum absolute atomic E-state index is 14.3. The second-order valence-corrected chi connectivity index (χ2v) is 11.5. The van der Waals surface area contributed by atoms with E-state index in [4.69, 9.17) is 4.74 Å². The van der Waals surface area contributed by atoms with Crippen LogP contribution < -0.4 is 15.0 Å². The zero-order chi connectivity index (χ0) is 28.2. The van der Waals surface area contributed by atoms with Crippen LogP contribution in [0.1, 0.15) is 76.5 Å². The molecule has 2 heterocycles. The number of aromatic nitrogens is 1. The monoisotopic (exact) mass is 533 g/mol. The van der Waals surface area contributed by atoms with Gasteiger partial charge in [-0.25, -0.2) is 0 Å². The van der Waals surface area contributed by atoms with Crippen LogP contribution in [0.2, 0.25) is 0 Å². The maximum Gasteiger partial charge on any atom is 0.251 e. The van der Waals surface area contributed by atoms with Gasteiger partial charge in [-0.15, -0.1) is 0 Å². The summed E-state index contributed by atoms with van der Waals surface area (Å²) >= 11 is 0. The molecule has 1 saturated carbocycles. The highest BCUT2D eigenvalue weighted by Crippen LogP contribution is 2.36. The van der Waals surface area contributed by atoms with Crippen molar-refractivity contribution in [2.45, 2.75) is 88.9 Å². The van der Waals surface area contributed by atoms with E-state index < -0.39 is 24.1 Å². The van der Waals surface area contributed by atoms with Gasteiger partial charge >= 0.3 is 0 Å². The second kappa shape index (κ2) is 12.0. The first-order valence-corrected chi connectivity index (χ1v) is 13.7. The lowest BCUT2D eigenvalue weighted by Gasteiger charge is -2.36. The summed E-state index contributed by atoms with van der Waals surface area (Å²) in [5.41, 5.74) is 1.94. The molecule has 1 saturated heterocycles. The number of hydrogen-bond donors (Lipinski definition) is 2. The normalized spacial score (nSPS) is 20.7. The van der Waals surface area contributed by atoms with Crippen LogP contribution in [-0.2, 0) is 15.0 Å². The highest BCUT2D eigenvalue weighted by molar-refractivity contribution is 6.04. The Hall–Kier alpha value is -3.64. The van der Waals surface area contributed by atoms with Gasteiger partial charge in [-0.05, 0) is 42.0 Å². The minimum atomic E-state index is -1.10. The lowest BCUT2D eigenvalue weighted by Crippen LogP contribution is -2.51. The van der Waals surface area contributed by atoms with Gasteiger partial charge in [0.15, 0.2) is 6.19 Å². The van der Waals surface area contributed by atoms with Gasteiger partial charge in [0.25, 0.3) is 5.91 Å². The summed E-state index contributed by atoms with van der Waals surface area (Å²) in [6, 6.07) is 7.27. The van der Waals surface area contributed by atoms with Crippen LogP contribution in [0.3, 0.4) is 0 Å². The quantitative estimate of drug-likeness (QED) is 0.519. The first-order valence-electron chi connectivity index (χ1n) is 13.7. The number of benzene rings is 1. The number of anilines is 1. The van der Waals surface area contributed by atoms with Crippen LogP contribution in [-0.4, -0.2) is 58.6 Å². The van der Waals surface area contributed by atoms with Gasteiger partial charge < -0.3 is 15.2 Å². The Kier molecular flexibility index (Phi) is 8.76. The number of nitrogens with one attached hydrogen (secondary N) is 1. The molecule has 3 unspecified atom stereocenters. The Labute approximate surface area is 230 Å². The molecule has 0 bridgehead atoms. The molecule has 1 aromatic heterocycles. The summed E-state index contributed by atoms with van der Waals surface area (Å²) in [4.78, 5) is 35.5. The lowest BCUT2D eigenvalue weighted by atomic mass is 9.87. The standard InChI is InChI=1S/C30H39N5O4/c1-30(2,3)20-10-12-22(13-11-20)35(29(38)25-16-23(36)18-34(25)19-31)27(24-17-32-15-14-26(24)39-4)28(37)33-21-8-6-5-7-9-21/h10-15,17,21,23,25,27,36H,5-9,16,18H2,1-4H3,(H,33,37). The number of amides is 2. The summed E-state index contributed by atoms with van der Waals surface area (Å²) in [5.74, 6) is -0.337. The Morgan fingerprint density at radius 3 is 2.49 bits per heavy atom. The van der Waals surface area contributed by atoms with Crippen molar-refractivity contribution >= 4 is 17.5 Å². The first-order chi connectivity index (χ1) is 18.6. The predicted octanol–water partition coefficient (Wildman–Crippen LogP) is 3.83. The predicted molar refractivity (Wildman–Crippen MR) is 148 cm³/mol. The van der Waals surface area contributed by atoms with Crippen LogP contribution in [0.5, 0.6) is 5.75 Å². The summed E-state index contributed by atoms with van der Waals surface area (Å²) in [7, 11) is 1.52. The number of methoxy groups -OCH3 is 1. The number of pyridine rings is 1. The third-order valence-corrected chi connectivity index (χ3v) is 7.72. The molecule has 0 spiro atoms. The van der Waals surface area contributed by atoms with E-state index in [1.165, 1.54) is 16.9 Å². The number of likely N-dealkylation sites (tertiary alicyclic amines) is 1. The summed E-state index contributed by atoms with van der Waals surface area (Å²) < 4.78 is 5.62. The number of aliphatic hydroxyl groups is 1. The second-order valence-electron chi connectivity index (χ2n) is 11.5. The molecule has 1 aliphatic carbocycles. The molecule has 9 nitrogen and oxygen atoms in total. The fourth-order valence-corrected chi connectivity index (χ4v) is 5.55. The van der Waals surface area contributed by atoms with E-state index in [1.807, 2.05) is 30.5 Å². The van der Waals surface area contributed by atoms with Gasteiger partial charge in [0.05, 0.1) is 19.8 Å². The fourth-order valence-electron chi connectivity index (χ4n) is 5.55. The molecule has 0 radical (unpaired) electrons. The number of rotatable bonds is 7. The number of carbonyl (C=O) groups is 2. The number of aliphatic hydroxyl groups excluding tert-OH is 1. The zero-order valence-electron chi connectivity index (χ0n) is 23.3. The number of hydrogen-bond acceptors (Lipinski definition) is 7. The van der Waals surface area contributed by atoms with Crippen molar-refractivity contribution in [2.24, 2.45) is 0 Å². The number of nitrogens with zero attached hydrogens (tertiary/aromatic N) is 4. The van der Waals surface area contributed by atoms with Crippen molar-refractivity contribution in [1.82, 2.24) is 15.2 Å². The third-order valence-electron chi connectivity index (χ3n) is 7.72. The molecule has 9 heteroatoms. The van der Waals surface area contributed by atoms with E-state index in [0.717, 1.165) is 37.7 Å². The number of β-amino-alcohol motifs (C(OH)–C–C–N with tert-alkyl or cyclic N) is 1. The van der Waals surface area contributed by atoms with Crippen LogP contribution in [0.25, 0.3) is 0 Å².